The Morgan fingerprint density at radius 2 is 2.33 bits per heavy atom. The first kappa shape index (κ1) is 5.68. The first-order valence-corrected chi connectivity index (χ1v) is 2.23. The van der Waals surface area contributed by atoms with Crippen molar-refractivity contribution in [1.82, 2.24) is 0 Å². The van der Waals surface area contributed by atoms with Crippen LogP contribution in [-0.4, -0.2) is 23.1 Å². The van der Waals surface area contributed by atoms with Crippen LogP contribution in [0.25, 0.3) is 0 Å². The van der Waals surface area contributed by atoms with E-state index >= 15 is 0 Å². The molecule has 0 spiro atoms. The minimum absolute atomic E-state index is 0.194. The molecule has 4 heteroatoms. The van der Waals surface area contributed by atoms with E-state index in [1.807, 2.05) is 0 Å². The number of carbonyl (C=O) groups is 2. The second-order valence-corrected chi connectivity index (χ2v) is 1.50. The molecule has 0 atom stereocenters. The van der Waals surface area contributed by atoms with Gasteiger partial charge in [0.1, 0.15) is 0 Å². The molecule has 0 saturated heterocycles. The van der Waals surface area contributed by atoms with Crippen LogP contribution in [-0.2, 0) is 9.59 Å². The molecule has 0 aromatic heterocycles. The fourth-order valence-corrected chi connectivity index (χ4v) is 0.459. The van der Waals surface area contributed by atoms with Gasteiger partial charge in [-0.1, -0.05) is 0 Å². The van der Waals surface area contributed by atoms with E-state index < -0.39 is 5.97 Å². The van der Waals surface area contributed by atoms with Gasteiger partial charge < -0.3 is 5.11 Å². The van der Waals surface area contributed by atoms with Crippen molar-refractivity contribution in [2.75, 3.05) is 0 Å². The molecule has 0 fully saturated rings. The fraction of sp³-hybridized carbons (Fsp3) is 0. The SMILES string of the molecule is O=C1C=NC(C(=O)O)=C1. The summed E-state index contributed by atoms with van der Waals surface area (Å²) in [7, 11) is 0. The molecular weight excluding hydrogens is 122 g/mol. The zero-order valence-electron chi connectivity index (χ0n) is 4.37. The van der Waals surface area contributed by atoms with Crippen LogP contribution < -0.4 is 0 Å². The number of hydrogen-bond acceptors (Lipinski definition) is 3. The molecule has 1 heterocycles. The Kier molecular flexibility index (Phi) is 1.14. The summed E-state index contributed by atoms with van der Waals surface area (Å²) < 4.78 is 0. The molecule has 1 rings (SSSR count). The van der Waals surface area contributed by atoms with Gasteiger partial charge in [-0.2, -0.15) is 0 Å². The van der Waals surface area contributed by atoms with Crippen molar-refractivity contribution in [3.63, 3.8) is 0 Å². The number of aliphatic carboxylic acids is 1. The molecule has 46 valence electrons. The summed E-state index contributed by atoms with van der Waals surface area (Å²) >= 11 is 0. The summed E-state index contributed by atoms with van der Waals surface area (Å²) in [5, 5.41) is 8.20. The molecule has 0 radical (unpaired) electrons. The molecule has 4 nitrogen and oxygen atoms in total. The summed E-state index contributed by atoms with van der Waals surface area (Å²) in [4.78, 5) is 23.6. The molecule has 1 N–H and O–H groups in total. The van der Waals surface area contributed by atoms with E-state index in [0.29, 0.717) is 0 Å². The van der Waals surface area contributed by atoms with Crippen LogP contribution in [0.5, 0.6) is 0 Å². The van der Waals surface area contributed by atoms with Gasteiger partial charge in [-0.05, 0) is 0 Å². The monoisotopic (exact) mass is 125 g/mol. The number of nitrogens with zero attached hydrogens (tertiary/aromatic N) is 1. The van der Waals surface area contributed by atoms with Crippen LogP contribution in [0.3, 0.4) is 0 Å². The molecular formula is C5H3NO3. The van der Waals surface area contributed by atoms with Gasteiger partial charge in [-0.25, -0.2) is 9.79 Å². The van der Waals surface area contributed by atoms with Gasteiger partial charge in [-0.3, -0.25) is 4.79 Å². The van der Waals surface area contributed by atoms with Crippen molar-refractivity contribution < 1.29 is 14.7 Å². The predicted molar refractivity (Wildman–Crippen MR) is 29.2 cm³/mol. The minimum atomic E-state index is -1.17. The first-order valence-electron chi connectivity index (χ1n) is 2.23. The van der Waals surface area contributed by atoms with Crippen LogP contribution in [0, 0.1) is 0 Å². The van der Waals surface area contributed by atoms with Gasteiger partial charge in [0, 0.05) is 6.08 Å². The number of allylic oxidation sites excluding steroid dienone is 1. The van der Waals surface area contributed by atoms with Crippen molar-refractivity contribution in [2.45, 2.75) is 0 Å². The van der Waals surface area contributed by atoms with Gasteiger partial charge in [0.25, 0.3) is 0 Å². The maximum absolute atomic E-state index is 10.3. The third-order valence-electron chi connectivity index (χ3n) is 0.829. The standard InChI is InChI=1S/C5H3NO3/c7-3-1-4(5(8)9)6-2-3/h1-2H,(H,8,9). The average molecular weight is 125 g/mol. The van der Waals surface area contributed by atoms with E-state index in [1.54, 1.807) is 0 Å². The fourth-order valence-electron chi connectivity index (χ4n) is 0.459. The lowest BCUT2D eigenvalue weighted by molar-refractivity contribution is -0.132. The zero-order valence-corrected chi connectivity index (χ0v) is 4.37. The van der Waals surface area contributed by atoms with Crippen LogP contribution in [0.2, 0.25) is 0 Å². The second kappa shape index (κ2) is 1.81. The Balaban J connectivity index is 2.88. The quantitative estimate of drug-likeness (QED) is 0.518. The van der Waals surface area contributed by atoms with E-state index in [0.717, 1.165) is 12.3 Å². The molecule has 0 aromatic rings. The molecule has 0 aliphatic carbocycles. The largest absolute Gasteiger partial charge is 0.477 e. The van der Waals surface area contributed by atoms with Gasteiger partial charge in [0.05, 0.1) is 6.21 Å². The minimum Gasteiger partial charge on any atom is -0.477 e. The molecule has 1 aliphatic heterocycles. The van der Waals surface area contributed by atoms with Crippen LogP contribution >= 0.6 is 0 Å². The third kappa shape index (κ3) is 1.02. The molecule has 9 heavy (non-hydrogen) atoms. The van der Waals surface area contributed by atoms with Crippen molar-refractivity contribution in [3.8, 4) is 0 Å². The topological polar surface area (TPSA) is 66.7 Å². The van der Waals surface area contributed by atoms with E-state index in [1.165, 1.54) is 0 Å². The number of carboxylic acid groups (broad SMARTS) is 1. The van der Waals surface area contributed by atoms with Gasteiger partial charge in [0.2, 0.25) is 0 Å². The first-order chi connectivity index (χ1) is 4.20. The van der Waals surface area contributed by atoms with E-state index in [4.69, 9.17) is 5.11 Å². The highest BCUT2D eigenvalue weighted by molar-refractivity contribution is 6.36. The third-order valence-corrected chi connectivity index (χ3v) is 0.829. The predicted octanol–water partition coefficient (Wildman–Crippen LogP) is -0.392. The van der Waals surface area contributed by atoms with Gasteiger partial charge in [-0.15, -0.1) is 0 Å². The molecule has 1 aliphatic rings. The zero-order chi connectivity index (χ0) is 6.85. The average Bonchev–Trinajstić information content (AvgIpc) is 2.14. The maximum Gasteiger partial charge on any atom is 0.354 e. The van der Waals surface area contributed by atoms with E-state index in [2.05, 4.69) is 4.99 Å². The summed E-state index contributed by atoms with van der Waals surface area (Å²) in [5.74, 6) is -1.54. The number of hydrogen-bond donors (Lipinski definition) is 1. The maximum atomic E-state index is 10.3. The number of carboxylic acids is 1. The number of aliphatic imine (C=N–C) groups is 1. The van der Waals surface area contributed by atoms with Crippen molar-refractivity contribution in [1.29, 1.82) is 0 Å². The second-order valence-electron chi connectivity index (χ2n) is 1.50. The summed E-state index contributed by atoms with van der Waals surface area (Å²) in [6.07, 6.45) is 1.95. The number of rotatable bonds is 1. The number of ketones is 1. The normalized spacial score (nSPS) is 16.0. The lowest BCUT2D eigenvalue weighted by Crippen LogP contribution is -1.95. The van der Waals surface area contributed by atoms with Gasteiger partial charge >= 0.3 is 5.97 Å². The Bertz CT molecular complexity index is 226. The lowest BCUT2D eigenvalue weighted by atomic mass is 10.4. The highest BCUT2D eigenvalue weighted by Crippen LogP contribution is 2.01. The molecule has 0 saturated carbocycles. The van der Waals surface area contributed by atoms with Crippen LogP contribution in [0.4, 0.5) is 0 Å². The molecule has 0 unspecified atom stereocenters. The molecule has 0 amide bonds. The Hall–Kier alpha value is -1.45. The Morgan fingerprint density at radius 1 is 1.67 bits per heavy atom. The lowest BCUT2D eigenvalue weighted by Gasteiger charge is -1.81. The van der Waals surface area contributed by atoms with Crippen molar-refractivity contribution in [2.24, 2.45) is 4.99 Å². The van der Waals surface area contributed by atoms with Crippen LogP contribution in [0.15, 0.2) is 16.8 Å². The highest BCUT2D eigenvalue weighted by Gasteiger charge is 2.11. The Labute approximate surface area is 50.5 Å². The number of carbonyl (C=O) groups excluding carboxylic acids is 1. The molecule has 0 bridgehead atoms. The van der Waals surface area contributed by atoms with Gasteiger partial charge in [0.15, 0.2) is 11.5 Å². The Morgan fingerprint density at radius 3 is 2.56 bits per heavy atom. The summed E-state index contributed by atoms with van der Waals surface area (Å²) in [6, 6.07) is 0. The molecule has 0 aromatic carbocycles. The van der Waals surface area contributed by atoms with Crippen molar-refractivity contribution in [3.05, 3.63) is 11.8 Å². The summed E-state index contributed by atoms with van der Waals surface area (Å²) in [6.45, 7) is 0. The van der Waals surface area contributed by atoms with E-state index in [-0.39, 0.29) is 11.5 Å². The van der Waals surface area contributed by atoms with Crippen LogP contribution in [0.1, 0.15) is 0 Å². The highest BCUT2D eigenvalue weighted by atomic mass is 16.4. The van der Waals surface area contributed by atoms with E-state index in [9.17, 15) is 9.59 Å². The smallest absolute Gasteiger partial charge is 0.354 e. The van der Waals surface area contributed by atoms with Crippen molar-refractivity contribution >= 4 is 18.0 Å². The summed E-state index contributed by atoms with van der Waals surface area (Å²) in [5.41, 5.74) is -0.194.